The SMILES string of the molecule is COc1cc(F)ccc1NCC(O)CO. The minimum Gasteiger partial charge on any atom is -0.494 e. The maximum absolute atomic E-state index is 12.8. The fourth-order valence-electron chi connectivity index (χ4n) is 1.10. The highest BCUT2D eigenvalue weighted by Crippen LogP contribution is 2.24. The molecule has 3 N–H and O–H groups in total. The third-order valence-corrected chi connectivity index (χ3v) is 1.90. The highest BCUT2D eigenvalue weighted by Gasteiger charge is 2.06. The van der Waals surface area contributed by atoms with E-state index in [1.165, 1.54) is 25.3 Å². The molecular formula is C10H14FNO3. The lowest BCUT2D eigenvalue weighted by Gasteiger charge is -2.13. The van der Waals surface area contributed by atoms with Gasteiger partial charge < -0.3 is 20.3 Å². The Kier molecular flexibility index (Phi) is 4.33. The minimum atomic E-state index is -0.847. The first-order chi connectivity index (χ1) is 7.17. The van der Waals surface area contributed by atoms with Gasteiger partial charge in [-0.05, 0) is 12.1 Å². The normalized spacial score (nSPS) is 12.3. The number of rotatable bonds is 5. The third-order valence-electron chi connectivity index (χ3n) is 1.90. The summed E-state index contributed by atoms with van der Waals surface area (Å²) in [6, 6.07) is 4.04. The number of halogens is 1. The van der Waals surface area contributed by atoms with Crippen molar-refractivity contribution in [2.45, 2.75) is 6.10 Å². The minimum absolute atomic E-state index is 0.179. The fourth-order valence-corrected chi connectivity index (χ4v) is 1.10. The Morgan fingerprint density at radius 2 is 2.27 bits per heavy atom. The number of hydrogen-bond acceptors (Lipinski definition) is 4. The molecule has 4 nitrogen and oxygen atoms in total. The Morgan fingerprint density at radius 1 is 1.53 bits per heavy atom. The zero-order valence-electron chi connectivity index (χ0n) is 8.40. The Morgan fingerprint density at radius 3 is 2.87 bits per heavy atom. The zero-order chi connectivity index (χ0) is 11.3. The van der Waals surface area contributed by atoms with Crippen LogP contribution in [0.25, 0.3) is 0 Å². The van der Waals surface area contributed by atoms with Gasteiger partial charge in [0.05, 0.1) is 25.5 Å². The highest BCUT2D eigenvalue weighted by molar-refractivity contribution is 5.56. The summed E-state index contributed by atoms with van der Waals surface area (Å²) in [6.45, 7) is -0.144. The van der Waals surface area contributed by atoms with Gasteiger partial charge in [-0.25, -0.2) is 4.39 Å². The second kappa shape index (κ2) is 5.53. The number of methoxy groups -OCH3 is 1. The van der Waals surface area contributed by atoms with E-state index < -0.39 is 6.10 Å². The van der Waals surface area contributed by atoms with Gasteiger partial charge in [0.25, 0.3) is 0 Å². The number of nitrogens with one attached hydrogen (secondary N) is 1. The molecule has 0 fully saturated rings. The molecule has 1 atom stereocenters. The van der Waals surface area contributed by atoms with Gasteiger partial charge in [-0.15, -0.1) is 0 Å². The molecule has 84 valence electrons. The van der Waals surface area contributed by atoms with Gasteiger partial charge in [0.15, 0.2) is 0 Å². The average Bonchev–Trinajstić information content (AvgIpc) is 2.26. The number of benzene rings is 1. The molecule has 0 heterocycles. The van der Waals surface area contributed by atoms with Crippen molar-refractivity contribution in [3.8, 4) is 5.75 Å². The Labute approximate surface area is 87.3 Å². The Hall–Kier alpha value is -1.33. The molecule has 1 unspecified atom stereocenters. The fraction of sp³-hybridized carbons (Fsp3) is 0.400. The first-order valence-electron chi connectivity index (χ1n) is 4.53. The lowest BCUT2D eigenvalue weighted by molar-refractivity contribution is 0.105. The number of aliphatic hydroxyl groups is 2. The molecule has 0 radical (unpaired) electrons. The van der Waals surface area contributed by atoms with Gasteiger partial charge in [-0.1, -0.05) is 0 Å². The van der Waals surface area contributed by atoms with Crippen LogP contribution in [0.3, 0.4) is 0 Å². The summed E-state index contributed by atoms with van der Waals surface area (Å²) in [7, 11) is 1.43. The van der Waals surface area contributed by atoms with Crippen LogP contribution in [0.15, 0.2) is 18.2 Å². The van der Waals surface area contributed by atoms with Crippen LogP contribution in [0.4, 0.5) is 10.1 Å². The maximum atomic E-state index is 12.8. The molecule has 5 heteroatoms. The van der Waals surface area contributed by atoms with Crippen LogP contribution in [0.2, 0.25) is 0 Å². The van der Waals surface area contributed by atoms with Gasteiger partial charge >= 0.3 is 0 Å². The highest BCUT2D eigenvalue weighted by atomic mass is 19.1. The predicted octanol–water partition coefficient (Wildman–Crippen LogP) is 0.599. The molecule has 1 rings (SSSR count). The summed E-state index contributed by atoms with van der Waals surface area (Å²) in [4.78, 5) is 0. The van der Waals surface area contributed by atoms with E-state index in [2.05, 4.69) is 5.32 Å². The molecule has 0 aliphatic rings. The molecule has 15 heavy (non-hydrogen) atoms. The molecule has 0 aliphatic carbocycles. The van der Waals surface area contributed by atoms with Crippen LogP contribution in [0, 0.1) is 5.82 Å². The Balaban J connectivity index is 2.67. The van der Waals surface area contributed by atoms with E-state index in [1.807, 2.05) is 0 Å². The molecule has 0 spiro atoms. The van der Waals surface area contributed by atoms with E-state index in [4.69, 9.17) is 14.9 Å². The monoisotopic (exact) mass is 215 g/mol. The standard InChI is InChI=1S/C10H14FNO3/c1-15-10-4-7(11)2-3-9(10)12-5-8(14)6-13/h2-4,8,12-14H,5-6H2,1H3. The van der Waals surface area contributed by atoms with Crippen LogP contribution in [-0.2, 0) is 0 Å². The van der Waals surface area contributed by atoms with Crippen LogP contribution in [0.5, 0.6) is 5.75 Å². The number of anilines is 1. The predicted molar refractivity (Wildman–Crippen MR) is 54.5 cm³/mol. The van der Waals surface area contributed by atoms with Gasteiger partial charge in [0, 0.05) is 12.6 Å². The summed E-state index contributed by atoms with van der Waals surface area (Å²) in [5, 5.41) is 20.6. The summed E-state index contributed by atoms with van der Waals surface area (Å²) in [5.74, 6) is -0.0275. The van der Waals surface area contributed by atoms with E-state index >= 15 is 0 Å². The van der Waals surface area contributed by atoms with Gasteiger partial charge in [-0.2, -0.15) is 0 Å². The van der Waals surface area contributed by atoms with E-state index in [0.717, 1.165) is 0 Å². The summed E-state index contributed by atoms with van der Waals surface area (Å²) >= 11 is 0. The maximum Gasteiger partial charge on any atom is 0.144 e. The lowest BCUT2D eigenvalue weighted by Crippen LogP contribution is -2.23. The van der Waals surface area contributed by atoms with Crippen molar-refractivity contribution in [3.63, 3.8) is 0 Å². The van der Waals surface area contributed by atoms with Crippen molar-refractivity contribution in [2.24, 2.45) is 0 Å². The molecule has 0 aromatic heterocycles. The van der Waals surface area contributed by atoms with Crippen LogP contribution >= 0.6 is 0 Å². The molecule has 0 aliphatic heterocycles. The molecule has 0 amide bonds. The molecule has 0 saturated carbocycles. The van der Waals surface area contributed by atoms with E-state index in [-0.39, 0.29) is 19.0 Å². The van der Waals surface area contributed by atoms with Crippen molar-refractivity contribution in [1.29, 1.82) is 0 Å². The molecule has 0 saturated heterocycles. The Bertz CT molecular complexity index is 320. The lowest BCUT2D eigenvalue weighted by atomic mass is 10.2. The number of aliphatic hydroxyl groups excluding tert-OH is 2. The van der Waals surface area contributed by atoms with E-state index in [9.17, 15) is 4.39 Å². The topological polar surface area (TPSA) is 61.7 Å². The van der Waals surface area contributed by atoms with Crippen molar-refractivity contribution >= 4 is 5.69 Å². The first-order valence-corrected chi connectivity index (χ1v) is 4.53. The van der Waals surface area contributed by atoms with Crippen molar-refractivity contribution in [2.75, 3.05) is 25.6 Å². The van der Waals surface area contributed by atoms with Crippen molar-refractivity contribution < 1.29 is 19.3 Å². The van der Waals surface area contributed by atoms with Gasteiger partial charge in [0.2, 0.25) is 0 Å². The second-order valence-corrected chi connectivity index (χ2v) is 3.06. The van der Waals surface area contributed by atoms with Crippen LogP contribution in [-0.4, -0.2) is 36.6 Å². The quantitative estimate of drug-likeness (QED) is 0.673. The molecule has 1 aromatic carbocycles. The second-order valence-electron chi connectivity index (χ2n) is 3.06. The average molecular weight is 215 g/mol. The van der Waals surface area contributed by atoms with E-state index in [1.54, 1.807) is 0 Å². The molecule has 1 aromatic rings. The van der Waals surface area contributed by atoms with Crippen LogP contribution in [0.1, 0.15) is 0 Å². The van der Waals surface area contributed by atoms with Gasteiger partial charge in [-0.3, -0.25) is 0 Å². The van der Waals surface area contributed by atoms with E-state index in [0.29, 0.717) is 11.4 Å². The molecule has 0 bridgehead atoms. The zero-order valence-corrected chi connectivity index (χ0v) is 8.40. The largest absolute Gasteiger partial charge is 0.494 e. The molecular weight excluding hydrogens is 201 g/mol. The number of ether oxygens (including phenoxy) is 1. The van der Waals surface area contributed by atoms with Crippen LogP contribution < -0.4 is 10.1 Å². The summed E-state index contributed by atoms with van der Waals surface area (Å²) in [5.41, 5.74) is 0.575. The first kappa shape index (κ1) is 11.7. The smallest absolute Gasteiger partial charge is 0.144 e. The van der Waals surface area contributed by atoms with Crippen molar-refractivity contribution in [3.05, 3.63) is 24.0 Å². The number of hydrogen-bond donors (Lipinski definition) is 3. The summed E-state index contributed by atoms with van der Waals surface area (Å²) < 4.78 is 17.7. The van der Waals surface area contributed by atoms with Gasteiger partial charge in [0.1, 0.15) is 11.6 Å². The van der Waals surface area contributed by atoms with Crippen molar-refractivity contribution in [1.82, 2.24) is 0 Å². The summed E-state index contributed by atoms with van der Waals surface area (Å²) in [6.07, 6.45) is -0.847. The third kappa shape index (κ3) is 3.38.